The van der Waals surface area contributed by atoms with Gasteiger partial charge in [-0.1, -0.05) is 26.2 Å². The second kappa shape index (κ2) is 7.38. The van der Waals surface area contributed by atoms with Crippen LogP contribution < -0.4 is 5.32 Å². The number of rotatable bonds is 5. The number of unbranched alkanes of at least 4 members (excludes halogenated alkanes) is 1. The predicted octanol–water partition coefficient (Wildman–Crippen LogP) is 2.89. The second-order valence-electron chi connectivity index (χ2n) is 6.08. The van der Waals surface area contributed by atoms with Crippen LogP contribution in [0.15, 0.2) is 0 Å². The van der Waals surface area contributed by atoms with E-state index in [0.29, 0.717) is 0 Å². The lowest BCUT2D eigenvalue weighted by molar-refractivity contribution is 0.144. The molecule has 0 bridgehead atoms. The first-order valence-electron chi connectivity index (χ1n) is 7.81. The lowest BCUT2D eigenvalue weighted by Gasteiger charge is -2.35. The fourth-order valence-electron chi connectivity index (χ4n) is 3.38. The van der Waals surface area contributed by atoms with Crippen molar-refractivity contribution < 1.29 is 0 Å². The molecule has 0 aromatic rings. The molecule has 0 atom stereocenters. The Kier molecular flexibility index (Phi) is 5.79. The summed E-state index contributed by atoms with van der Waals surface area (Å²) in [4.78, 5) is 2.73. The first-order valence-corrected chi connectivity index (χ1v) is 7.81. The van der Waals surface area contributed by atoms with Gasteiger partial charge in [0.25, 0.3) is 0 Å². The SMILES string of the molecule is CCCCC1CCN(CC2CCNCC2)CC1. The summed E-state index contributed by atoms with van der Waals surface area (Å²) >= 11 is 0. The lowest BCUT2D eigenvalue weighted by Crippen LogP contribution is -2.40. The predicted molar refractivity (Wildman–Crippen MR) is 74.3 cm³/mol. The molecule has 2 heteroatoms. The molecule has 0 aliphatic carbocycles. The number of nitrogens with zero attached hydrogens (tertiary/aromatic N) is 1. The highest BCUT2D eigenvalue weighted by Gasteiger charge is 2.22. The molecule has 2 fully saturated rings. The Hall–Kier alpha value is -0.0800. The molecule has 0 aromatic heterocycles. The third-order valence-electron chi connectivity index (χ3n) is 4.65. The molecular formula is C15H30N2. The van der Waals surface area contributed by atoms with Gasteiger partial charge in [-0.2, -0.15) is 0 Å². The van der Waals surface area contributed by atoms with Gasteiger partial charge < -0.3 is 10.2 Å². The molecule has 1 N–H and O–H groups in total. The van der Waals surface area contributed by atoms with Crippen LogP contribution in [0.5, 0.6) is 0 Å². The van der Waals surface area contributed by atoms with E-state index in [0.717, 1.165) is 11.8 Å². The quantitative estimate of drug-likeness (QED) is 0.792. The van der Waals surface area contributed by atoms with Gasteiger partial charge in [0.2, 0.25) is 0 Å². The number of hydrogen-bond donors (Lipinski definition) is 1. The first-order chi connectivity index (χ1) is 8.38. The minimum Gasteiger partial charge on any atom is -0.317 e. The molecule has 2 aliphatic heterocycles. The highest BCUT2D eigenvalue weighted by molar-refractivity contribution is 4.77. The topological polar surface area (TPSA) is 15.3 Å². The van der Waals surface area contributed by atoms with E-state index in [1.54, 1.807) is 0 Å². The minimum atomic E-state index is 0.975. The molecule has 0 radical (unpaired) electrons. The zero-order chi connectivity index (χ0) is 11.9. The Morgan fingerprint density at radius 3 is 2.35 bits per heavy atom. The molecule has 0 aromatic carbocycles. The lowest BCUT2D eigenvalue weighted by atomic mass is 9.90. The standard InChI is InChI=1S/C15H30N2/c1-2-3-4-14-7-11-17(12-8-14)13-15-5-9-16-10-6-15/h14-16H,2-13H2,1H3. The van der Waals surface area contributed by atoms with E-state index in [1.807, 2.05) is 0 Å². The van der Waals surface area contributed by atoms with E-state index in [-0.39, 0.29) is 0 Å². The molecule has 0 saturated carbocycles. The highest BCUT2D eigenvalue weighted by Crippen LogP contribution is 2.24. The summed E-state index contributed by atoms with van der Waals surface area (Å²) in [6.07, 6.45) is 10.0. The van der Waals surface area contributed by atoms with E-state index >= 15 is 0 Å². The van der Waals surface area contributed by atoms with Crippen molar-refractivity contribution in [3.63, 3.8) is 0 Å². The van der Waals surface area contributed by atoms with Crippen molar-refractivity contribution in [1.82, 2.24) is 10.2 Å². The third kappa shape index (κ3) is 4.59. The molecule has 0 unspecified atom stereocenters. The average Bonchev–Trinajstić information content (AvgIpc) is 2.39. The molecule has 17 heavy (non-hydrogen) atoms. The summed E-state index contributed by atoms with van der Waals surface area (Å²) in [5, 5.41) is 3.46. The van der Waals surface area contributed by atoms with Crippen LogP contribution in [0.25, 0.3) is 0 Å². The fraction of sp³-hybridized carbons (Fsp3) is 1.00. The van der Waals surface area contributed by atoms with E-state index in [2.05, 4.69) is 17.1 Å². The summed E-state index contributed by atoms with van der Waals surface area (Å²) in [5.74, 6) is 2.02. The van der Waals surface area contributed by atoms with Crippen LogP contribution in [-0.4, -0.2) is 37.6 Å². The second-order valence-corrected chi connectivity index (χ2v) is 6.08. The summed E-state index contributed by atoms with van der Waals surface area (Å²) in [6.45, 7) is 8.93. The average molecular weight is 238 g/mol. The monoisotopic (exact) mass is 238 g/mol. The Morgan fingerprint density at radius 2 is 1.71 bits per heavy atom. The van der Waals surface area contributed by atoms with Crippen LogP contribution >= 0.6 is 0 Å². The van der Waals surface area contributed by atoms with Gasteiger partial charge in [-0.3, -0.25) is 0 Å². The molecule has 0 spiro atoms. The van der Waals surface area contributed by atoms with Gasteiger partial charge in [-0.05, 0) is 63.7 Å². The minimum absolute atomic E-state index is 0.975. The molecule has 2 rings (SSSR count). The summed E-state index contributed by atoms with van der Waals surface area (Å²) < 4.78 is 0. The van der Waals surface area contributed by atoms with Crippen LogP contribution in [0.1, 0.15) is 51.9 Å². The summed E-state index contributed by atoms with van der Waals surface area (Å²) in [6, 6.07) is 0. The van der Waals surface area contributed by atoms with E-state index in [4.69, 9.17) is 0 Å². The van der Waals surface area contributed by atoms with Gasteiger partial charge in [0.1, 0.15) is 0 Å². The normalized spacial score (nSPS) is 25.2. The maximum Gasteiger partial charge on any atom is 0.00106 e. The molecule has 2 saturated heterocycles. The maximum atomic E-state index is 3.46. The number of piperidine rings is 2. The molecule has 0 amide bonds. The van der Waals surface area contributed by atoms with Gasteiger partial charge in [-0.15, -0.1) is 0 Å². The van der Waals surface area contributed by atoms with Crippen molar-refractivity contribution >= 4 is 0 Å². The molecule has 100 valence electrons. The van der Waals surface area contributed by atoms with E-state index in [1.165, 1.54) is 77.7 Å². The Balaban J connectivity index is 1.61. The van der Waals surface area contributed by atoms with Crippen LogP contribution in [0.2, 0.25) is 0 Å². The number of likely N-dealkylation sites (tertiary alicyclic amines) is 1. The first kappa shape index (κ1) is 13.4. The maximum absolute atomic E-state index is 3.46. The van der Waals surface area contributed by atoms with E-state index in [9.17, 15) is 0 Å². The highest BCUT2D eigenvalue weighted by atomic mass is 15.1. The van der Waals surface area contributed by atoms with Crippen LogP contribution in [0.3, 0.4) is 0 Å². The van der Waals surface area contributed by atoms with Gasteiger partial charge in [0, 0.05) is 6.54 Å². The fourth-order valence-corrected chi connectivity index (χ4v) is 3.38. The smallest absolute Gasteiger partial charge is 0.00106 e. The van der Waals surface area contributed by atoms with Crippen molar-refractivity contribution in [2.24, 2.45) is 11.8 Å². The molecule has 2 aliphatic rings. The van der Waals surface area contributed by atoms with Crippen molar-refractivity contribution in [3.05, 3.63) is 0 Å². The molecule has 2 nitrogen and oxygen atoms in total. The van der Waals surface area contributed by atoms with Gasteiger partial charge >= 0.3 is 0 Å². The molecular weight excluding hydrogens is 208 g/mol. The van der Waals surface area contributed by atoms with Gasteiger partial charge in [-0.25, -0.2) is 0 Å². The Bertz CT molecular complexity index is 191. The van der Waals surface area contributed by atoms with Crippen molar-refractivity contribution in [3.8, 4) is 0 Å². The van der Waals surface area contributed by atoms with Gasteiger partial charge in [0.05, 0.1) is 0 Å². The Morgan fingerprint density at radius 1 is 1.00 bits per heavy atom. The zero-order valence-corrected chi connectivity index (χ0v) is 11.6. The van der Waals surface area contributed by atoms with Crippen molar-refractivity contribution in [2.45, 2.75) is 51.9 Å². The Labute approximate surface area is 107 Å². The van der Waals surface area contributed by atoms with Crippen molar-refractivity contribution in [1.29, 1.82) is 0 Å². The van der Waals surface area contributed by atoms with Gasteiger partial charge in [0.15, 0.2) is 0 Å². The number of hydrogen-bond acceptors (Lipinski definition) is 2. The van der Waals surface area contributed by atoms with Crippen LogP contribution in [0.4, 0.5) is 0 Å². The van der Waals surface area contributed by atoms with Crippen molar-refractivity contribution in [2.75, 3.05) is 32.7 Å². The summed E-state index contributed by atoms with van der Waals surface area (Å²) in [7, 11) is 0. The van der Waals surface area contributed by atoms with Crippen LogP contribution in [-0.2, 0) is 0 Å². The van der Waals surface area contributed by atoms with E-state index < -0.39 is 0 Å². The zero-order valence-electron chi connectivity index (χ0n) is 11.6. The number of nitrogens with one attached hydrogen (secondary N) is 1. The van der Waals surface area contributed by atoms with Crippen LogP contribution in [0, 0.1) is 11.8 Å². The third-order valence-corrected chi connectivity index (χ3v) is 4.65. The largest absolute Gasteiger partial charge is 0.317 e. The molecule has 2 heterocycles. The summed E-state index contributed by atoms with van der Waals surface area (Å²) in [5.41, 5.74) is 0.